The second kappa shape index (κ2) is 6.63. The summed E-state index contributed by atoms with van der Waals surface area (Å²) < 4.78 is 78.5. The number of carbonyl (C=O) groups excluding carboxylic acids is 2. The number of carbonyl (C=O) groups is 2. The van der Waals surface area contributed by atoms with Crippen molar-refractivity contribution in [2.45, 2.75) is 50.5 Å². The number of urea groups is 1. The van der Waals surface area contributed by atoms with Gasteiger partial charge in [-0.15, -0.1) is 11.3 Å². The standard InChI is InChI=1S/C14H15F6N3O2S/c1-2-12(13(15,16)17,14(18,19)20)23-11(25)22-10-8(9(21)24)6-4-3-5-7(6)26-10/h2-5H2,1H3,(H2,21,24)(H2,22,23,25). The number of thiophene rings is 1. The van der Waals surface area contributed by atoms with Gasteiger partial charge in [0.25, 0.3) is 5.91 Å². The van der Waals surface area contributed by atoms with Crippen molar-refractivity contribution in [3.63, 3.8) is 0 Å². The zero-order valence-electron chi connectivity index (χ0n) is 13.4. The fraction of sp³-hybridized carbons (Fsp3) is 0.571. The molecule has 2 rings (SSSR count). The Morgan fingerprint density at radius 2 is 1.69 bits per heavy atom. The maximum Gasteiger partial charge on any atom is 0.420 e. The molecule has 0 saturated heterocycles. The molecule has 0 saturated carbocycles. The molecule has 3 amide bonds. The minimum atomic E-state index is -5.76. The van der Waals surface area contributed by atoms with Gasteiger partial charge < -0.3 is 11.1 Å². The molecule has 12 heteroatoms. The summed E-state index contributed by atoms with van der Waals surface area (Å²) in [6, 6.07) is -1.72. The highest BCUT2D eigenvalue weighted by atomic mass is 32.1. The lowest BCUT2D eigenvalue weighted by atomic mass is 9.94. The van der Waals surface area contributed by atoms with Crippen LogP contribution in [0.3, 0.4) is 0 Å². The van der Waals surface area contributed by atoms with E-state index < -0.39 is 36.3 Å². The molecule has 146 valence electrons. The van der Waals surface area contributed by atoms with Crippen LogP contribution in [-0.4, -0.2) is 29.8 Å². The smallest absolute Gasteiger partial charge is 0.365 e. The lowest BCUT2D eigenvalue weighted by Gasteiger charge is -2.36. The van der Waals surface area contributed by atoms with Crippen molar-refractivity contribution in [2.75, 3.05) is 5.32 Å². The van der Waals surface area contributed by atoms with Crippen LogP contribution in [0.5, 0.6) is 0 Å². The Labute approximate surface area is 147 Å². The zero-order valence-corrected chi connectivity index (χ0v) is 14.2. The zero-order chi connectivity index (χ0) is 19.9. The molecule has 0 spiro atoms. The summed E-state index contributed by atoms with van der Waals surface area (Å²) in [7, 11) is 0. The molecule has 4 N–H and O–H groups in total. The van der Waals surface area contributed by atoms with Crippen LogP contribution in [0.2, 0.25) is 0 Å². The number of alkyl halides is 6. The number of primary amides is 1. The number of hydrogen-bond acceptors (Lipinski definition) is 3. The van der Waals surface area contributed by atoms with Gasteiger partial charge in [0.2, 0.25) is 5.54 Å². The second-order valence-electron chi connectivity index (χ2n) is 5.76. The van der Waals surface area contributed by atoms with Crippen LogP contribution in [-0.2, 0) is 12.8 Å². The molecule has 0 unspecified atom stereocenters. The normalized spacial score (nSPS) is 14.9. The molecule has 0 atom stereocenters. The average molecular weight is 403 g/mol. The fourth-order valence-corrected chi connectivity index (χ4v) is 4.16. The SMILES string of the molecule is CCC(NC(=O)Nc1sc2c(c1C(N)=O)CCC2)(C(F)(F)F)C(F)(F)F. The number of anilines is 1. The number of hydrogen-bond donors (Lipinski definition) is 3. The highest BCUT2D eigenvalue weighted by molar-refractivity contribution is 7.17. The van der Waals surface area contributed by atoms with Gasteiger partial charge in [0.1, 0.15) is 5.00 Å². The van der Waals surface area contributed by atoms with Gasteiger partial charge in [-0.05, 0) is 31.2 Å². The number of amides is 3. The van der Waals surface area contributed by atoms with Gasteiger partial charge in [-0.1, -0.05) is 6.92 Å². The van der Waals surface area contributed by atoms with Gasteiger partial charge in [-0.25, -0.2) is 4.79 Å². The van der Waals surface area contributed by atoms with Crippen molar-refractivity contribution >= 4 is 28.3 Å². The first-order chi connectivity index (χ1) is 11.8. The average Bonchev–Trinajstić information content (AvgIpc) is 3.01. The van der Waals surface area contributed by atoms with Crippen molar-refractivity contribution in [2.24, 2.45) is 5.73 Å². The highest BCUT2D eigenvalue weighted by Crippen LogP contribution is 2.45. The van der Waals surface area contributed by atoms with E-state index in [0.29, 0.717) is 25.3 Å². The summed E-state index contributed by atoms with van der Waals surface area (Å²) in [4.78, 5) is 24.2. The third kappa shape index (κ3) is 3.33. The first kappa shape index (κ1) is 20.3. The van der Waals surface area contributed by atoms with E-state index in [4.69, 9.17) is 5.73 Å². The molecule has 5 nitrogen and oxygen atoms in total. The van der Waals surface area contributed by atoms with Crippen LogP contribution >= 0.6 is 11.3 Å². The molecule has 1 aliphatic carbocycles. The second-order valence-corrected chi connectivity index (χ2v) is 6.86. The van der Waals surface area contributed by atoms with Crippen LogP contribution in [0, 0.1) is 0 Å². The lowest BCUT2D eigenvalue weighted by Crippen LogP contribution is -2.67. The molecule has 26 heavy (non-hydrogen) atoms. The third-order valence-electron chi connectivity index (χ3n) is 4.22. The molecule has 1 heterocycles. The maximum absolute atomic E-state index is 13.1. The van der Waals surface area contributed by atoms with Crippen LogP contribution in [0.1, 0.15) is 40.6 Å². The topological polar surface area (TPSA) is 84.2 Å². The van der Waals surface area contributed by atoms with Gasteiger partial charge in [-0.3, -0.25) is 10.1 Å². The molecule has 0 aromatic carbocycles. The minimum absolute atomic E-state index is 0.0706. The van der Waals surface area contributed by atoms with E-state index in [1.807, 2.05) is 5.32 Å². The van der Waals surface area contributed by atoms with Crippen molar-refractivity contribution in [3.05, 3.63) is 16.0 Å². The summed E-state index contributed by atoms with van der Waals surface area (Å²) in [6.07, 6.45) is -11.1. The van der Waals surface area contributed by atoms with E-state index in [2.05, 4.69) is 0 Å². The molecule has 1 aliphatic rings. The lowest BCUT2D eigenvalue weighted by molar-refractivity contribution is -0.304. The summed E-state index contributed by atoms with van der Waals surface area (Å²) in [5.74, 6) is -0.909. The Morgan fingerprint density at radius 1 is 1.12 bits per heavy atom. The van der Waals surface area contributed by atoms with Gasteiger partial charge in [0, 0.05) is 4.88 Å². The van der Waals surface area contributed by atoms with Gasteiger partial charge in [-0.2, -0.15) is 26.3 Å². The Hall–Kier alpha value is -1.98. The van der Waals surface area contributed by atoms with Crippen LogP contribution < -0.4 is 16.4 Å². The first-order valence-corrected chi connectivity index (χ1v) is 8.32. The predicted octanol–water partition coefficient (Wildman–Crippen LogP) is 3.73. The van der Waals surface area contributed by atoms with Crippen molar-refractivity contribution in [3.8, 4) is 0 Å². The summed E-state index contributed by atoms with van der Waals surface area (Å²) in [6.45, 7) is 0.662. The molecule has 1 aromatic heterocycles. The maximum atomic E-state index is 13.1. The first-order valence-electron chi connectivity index (χ1n) is 7.51. The molecule has 1 aromatic rings. The van der Waals surface area contributed by atoms with Crippen molar-refractivity contribution < 1.29 is 35.9 Å². The Bertz CT molecular complexity index is 711. The fourth-order valence-electron chi connectivity index (χ4n) is 2.87. The van der Waals surface area contributed by atoms with Gasteiger partial charge in [0.15, 0.2) is 0 Å². The van der Waals surface area contributed by atoms with E-state index in [-0.39, 0.29) is 10.6 Å². The molecule has 0 bridgehead atoms. The van der Waals surface area contributed by atoms with Gasteiger partial charge >= 0.3 is 18.4 Å². The number of fused-ring (bicyclic) bond motifs is 1. The Balaban J connectivity index is 2.32. The molecular formula is C14H15F6N3O2S. The van der Waals surface area contributed by atoms with E-state index >= 15 is 0 Å². The molecule has 0 radical (unpaired) electrons. The summed E-state index contributed by atoms with van der Waals surface area (Å²) in [5.41, 5.74) is 1.33. The highest BCUT2D eigenvalue weighted by Gasteiger charge is 2.70. The van der Waals surface area contributed by atoms with Crippen LogP contribution in [0.25, 0.3) is 0 Å². The molecule has 0 aliphatic heterocycles. The van der Waals surface area contributed by atoms with Crippen molar-refractivity contribution in [1.29, 1.82) is 0 Å². The number of rotatable bonds is 4. The monoisotopic (exact) mass is 403 g/mol. The summed E-state index contributed by atoms with van der Waals surface area (Å²) >= 11 is 0.919. The Morgan fingerprint density at radius 3 is 2.15 bits per heavy atom. The third-order valence-corrected chi connectivity index (χ3v) is 5.43. The van der Waals surface area contributed by atoms with E-state index in [0.717, 1.165) is 28.0 Å². The quantitative estimate of drug-likeness (QED) is 0.670. The largest absolute Gasteiger partial charge is 0.420 e. The Kier molecular flexibility index (Phi) is 5.19. The van der Waals surface area contributed by atoms with Crippen molar-refractivity contribution in [1.82, 2.24) is 5.32 Å². The molecular weight excluding hydrogens is 388 g/mol. The van der Waals surface area contributed by atoms with E-state index in [1.165, 1.54) is 0 Å². The van der Waals surface area contributed by atoms with E-state index in [1.54, 1.807) is 0 Å². The predicted molar refractivity (Wildman–Crippen MR) is 82.1 cm³/mol. The summed E-state index contributed by atoms with van der Waals surface area (Å²) in [5, 5.41) is 2.76. The minimum Gasteiger partial charge on any atom is -0.365 e. The number of aryl methyl sites for hydroxylation is 1. The van der Waals surface area contributed by atoms with E-state index in [9.17, 15) is 35.9 Å². The number of nitrogens with one attached hydrogen (secondary N) is 2. The van der Waals surface area contributed by atoms with Crippen LogP contribution in [0.15, 0.2) is 0 Å². The van der Waals surface area contributed by atoms with Crippen LogP contribution in [0.4, 0.5) is 36.1 Å². The molecule has 0 fully saturated rings. The van der Waals surface area contributed by atoms with Gasteiger partial charge in [0.05, 0.1) is 5.56 Å². The number of nitrogens with two attached hydrogens (primary N) is 1. The number of halogens is 6.